The lowest BCUT2D eigenvalue weighted by Crippen LogP contribution is -2.61. The lowest BCUT2D eigenvalue weighted by molar-refractivity contribution is 0.0720. The van der Waals surface area contributed by atoms with Gasteiger partial charge in [-0.1, -0.05) is 68.2 Å². The van der Waals surface area contributed by atoms with Crippen LogP contribution in [0.15, 0.2) is 65.8 Å². The molecule has 0 bridgehead atoms. The maximum atomic E-state index is 15.2. The number of pyridine rings is 1. The van der Waals surface area contributed by atoms with Crippen LogP contribution < -0.4 is 4.74 Å². The van der Waals surface area contributed by atoms with Crippen LogP contribution in [0, 0.1) is 0 Å². The first-order chi connectivity index (χ1) is 23.6. The van der Waals surface area contributed by atoms with Crippen molar-refractivity contribution in [3.05, 3.63) is 93.2 Å². The smallest absolute Gasteiger partial charge is 0.326 e. The van der Waals surface area contributed by atoms with Crippen molar-refractivity contribution in [2.24, 2.45) is 4.99 Å². The average Bonchev–Trinajstić information content (AvgIpc) is 3.32. The molecule has 3 aromatic rings. The number of rotatable bonds is 6. The molecule has 0 N–H and O–H groups in total. The molecule has 2 atom stereocenters. The number of aromatic nitrogens is 1. The van der Waals surface area contributed by atoms with Crippen molar-refractivity contribution < 1.29 is 17.9 Å². The normalized spacial score (nSPS) is 24.7. The molecule has 0 radical (unpaired) electrons. The second kappa shape index (κ2) is 13.7. The molecule has 3 aliphatic rings. The van der Waals surface area contributed by atoms with Gasteiger partial charge in [0.05, 0.1) is 23.7 Å². The highest BCUT2D eigenvalue weighted by Crippen LogP contribution is 2.54. The monoisotopic (exact) mass is 739 g/mol. The molecule has 0 spiro atoms. The number of sulfone groups is 1. The van der Waals surface area contributed by atoms with Crippen LogP contribution in [-0.4, -0.2) is 90.3 Å². The Morgan fingerprint density at radius 1 is 0.920 bits per heavy atom. The summed E-state index contributed by atoms with van der Waals surface area (Å²) in [5.41, 5.74) is 1.03. The SMILES string of the molecule is CCOc1cc(C(C)(C)C)ncc1C1=N[C@](C)(c2ccc(Cl)cc2)[C@](C)(c2ccc(Cl)cc2)N1C(=O)N1CCN(C2CCS(=O)(=O)CC2)CC1. The highest BCUT2D eigenvalue weighted by molar-refractivity contribution is 7.91. The number of amides is 2. The first-order valence-corrected chi connectivity index (χ1v) is 19.9. The number of carbonyl (C=O) groups is 1. The van der Waals surface area contributed by atoms with Gasteiger partial charge in [-0.05, 0) is 69.0 Å². The van der Waals surface area contributed by atoms with E-state index in [9.17, 15) is 8.42 Å². The summed E-state index contributed by atoms with van der Waals surface area (Å²) < 4.78 is 30.5. The molecular formula is C38H47Cl2N5O4S. The molecule has 0 saturated carbocycles. The number of hydrogen-bond acceptors (Lipinski definition) is 7. The first kappa shape index (κ1) is 36.6. The van der Waals surface area contributed by atoms with Gasteiger partial charge in [0.15, 0.2) is 0 Å². The van der Waals surface area contributed by atoms with Gasteiger partial charge in [-0.2, -0.15) is 0 Å². The van der Waals surface area contributed by atoms with Crippen molar-refractivity contribution in [3.63, 3.8) is 0 Å². The van der Waals surface area contributed by atoms with Crippen molar-refractivity contribution >= 4 is 44.9 Å². The van der Waals surface area contributed by atoms with E-state index < -0.39 is 20.9 Å². The number of nitrogens with zero attached hydrogens (tertiary/aromatic N) is 5. The van der Waals surface area contributed by atoms with Crippen molar-refractivity contribution in [1.29, 1.82) is 0 Å². The van der Waals surface area contributed by atoms with Gasteiger partial charge in [0.25, 0.3) is 0 Å². The number of aliphatic imine (C=N–C) groups is 1. The number of carbonyl (C=O) groups excluding carboxylic acids is 1. The molecule has 6 rings (SSSR count). The van der Waals surface area contributed by atoms with Crippen LogP contribution in [0.4, 0.5) is 4.79 Å². The predicted molar refractivity (Wildman–Crippen MR) is 200 cm³/mol. The topological polar surface area (TPSA) is 95.4 Å². The zero-order chi connectivity index (χ0) is 36.1. The van der Waals surface area contributed by atoms with Gasteiger partial charge in [-0.25, -0.2) is 13.2 Å². The van der Waals surface area contributed by atoms with Crippen LogP contribution in [0.1, 0.15) is 76.8 Å². The molecular weight excluding hydrogens is 693 g/mol. The van der Waals surface area contributed by atoms with E-state index in [-0.39, 0.29) is 29.0 Å². The Balaban J connectivity index is 1.47. The Morgan fingerprint density at radius 3 is 2.02 bits per heavy atom. The summed E-state index contributed by atoms with van der Waals surface area (Å²) in [7, 11) is -2.96. The lowest BCUT2D eigenvalue weighted by atomic mass is 9.71. The fourth-order valence-electron chi connectivity index (χ4n) is 7.52. The fraction of sp³-hybridized carbons (Fsp3) is 0.500. The minimum Gasteiger partial charge on any atom is -0.493 e. The maximum Gasteiger partial charge on any atom is 0.326 e. The standard InChI is InChI=1S/C38H47Cl2N5O4S/c1-7-49-32-24-33(36(2,3)4)41-25-31(32)34-42-37(5,26-8-12-28(39)13-9-26)38(6,27-10-14-29(40)15-11-27)45(34)35(46)44-20-18-43(19-21-44)30-16-22-50(47,48)23-17-30/h8-15,24-25,30H,7,16-23H2,1-6H3/t37-,38+/m1/s1. The Kier molecular flexibility index (Phi) is 10.1. The molecule has 50 heavy (non-hydrogen) atoms. The Hall–Kier alpha value is -3.18. The predicted octanol–water partition coefficient (Wildman–Crippen LogP) is 7.29. The Bertz CT molecular complexity index is 1860. The Morgan fingerprint density at radius 2 is 1.48 bits per heavy atom. The third kappa shape index (κ3) is 6.76. The average molecular weight is 741 g/mol. The number of benzene rings is 2. The number of halogens is 2. The largest absolute Gasteiger partial charge is 0.493 e. The van der Waals surface area contributed by atoms with Crippen LogP contribution in [0.25, 0.3) is 0 Å². The Labute approximate surface area is 306 Å². The minimum atomic E-state index is -2.96. The molecule has 9 nitrogen and oxygen atoms in total. The number of ether oxygens (including phenoxy) is 1. The molecule has 12 heteroatoms. The summed E-state index contributed by atoms with van der Waals surface area (Å²) in [4.78, 5) is 31.7. The van der Waals surface area contributed by atoms with Crippen molar-refractivity contribution in [2.45, 2.75) is 76.9 Å². The zero-order valence-electron chi connectivity index (χ0n) is 29.7. The first-order valence-electron chi connectivity index (χ1n) is 17.4. The molecule has 0 aliphatic carbocycles. The summed E-state index contributed by atoms with van der Waals surface area (Å²) >= 11 is 12.8. The van der Waals surface area contributed by atoms with E-state index >= 15 is 4.79 Å². The summed E-state index contributed by atoms with van der Waals surface area (Å²) in [5, 5.41) is 1.20. The third-order valence-corrected chi connectivity index (χ3v) is 13.0. The highest BCUT2D eigenvalue weighted by Gasteiger charge is 2.60. The van der Waals surface area contributed by atoms with Gasteiger partial charge < -0.3 is 9.64 Å². The second-order valence-electron chi connectivity index (χ2n) is 14.9. The number of hydrogen-bond donors (Lipinski definition) is 0. The van der Waals surface area contributed by atoms with E-state index in [1.165, 1.54) is 0 Å². The van der Waals surface area contributed by atoms with Crippen LogP contribution in [0.5, 0.6) is 5.75 Å². The number of urea groups is 1. The maximum absolute atomic E-state index is 15.2. The van der Waals surface area contributed by atoms with Gasteiger partial charge in [0.2, 0.25) is 0 Å². The van der Waals surface area contributed by atoms with Gasteiger partial charge in [0, 0.05) is 65.6 Å². The quantitative estimate of drug-likeness (QED) is 0.264. The highest BCUT2D eigenvalue weighted by atomic mass is 35.5. The molecule has 4 heterocycles. The zero-order valence-corrected chi connectivity index (χ0v) is 32.1. The summed E-state index contributed by atoms with van der Waals surface area (Å²) in [6.07, 6.45) is 3.05. The van der Waals surface area contributed by atoms with Crippen molar-refractivity contribution in [2.75, 3.05) is 44.3 Å². The van der Waals surface area contributed by atoms with Crippen molar-refractivity contribution in [3.8, 4) is 5.75 Å². The van der Waals surface area contributed by atoms with E-state index in [1.807, 2.05) is 71.3 Å². The van der Waals surface area contributed by atoms with Gasteiger partial charge >= 0.3 is 6.03 Å². The molecule has 2 aromatic carbocycles. The molecule has 2 amide bonds. The van der Waals surface area contributed by atoms with E-state index in [2.05, 4.69) is 39.5 Å². The van der Waals surface area contributed by atoms with Crippen LogP contribution >= 0.6 is 23.2 Å². The number of amidine groups is 1. The minimum absolute atomic E-state index is 0.174. The van der Waals surface area contributed by atoms with E-state index in [0.29, 0.717) is 72.8 Å². The lowest BCUT2D eigenvalue weighted by Gasteiger charge is -2.48. The summed E-state index contributed by atoms with van der Waals surface area (Å²) in [5.74, 6) is 1.52. The van der Waals surface area contributed by atoms with E-state index in [0.717, 1.165) is 16.8 Å². The molecule has 268 valence electrons. The van der Waals surface area contributed by atoms with Crippen molar-refractivity contribution in [1.82, 2.24) is 19.7 Å². The van der Waals surface area contributed by atoms with Gasteiger partial charge in [0.1, 0.15) is 32.5 Å². The van der Waals surface area contributed by atoms with Crippen LogP contribution in [0.3, 0.4) is 0 Å². The van der Waals surface area contributed by atoms with Gasteiger partial charge in [-0.3, -0.25) is 19.8 Å². The van der Waals surface area contributed by atoms with Crippen LogP contribution in [0.2, 0.25) is 10.0 Å². The van der Waals surface area contributed by atoms with E-state index in [4.69, 9.17) is 37.9 Å². The third-order valence-electron chi connectivity index (χ3n) is 10.7. The van der Waals surface area contributed by atoms with Gasteiger partial charge in [-0.15, -0.1) is 0 Å². The summed E-state index contributed by atoms with van der Waals surface area (Å²) in [6, 6.07) is 17.3. The molecule has 1 aromatic heterocycles. The van der Waals surface area contributed by atoms with Crippen LogP contribution in [-0.2, 0) is 26.3 Å². The van der Waals surface area contributed by atoms with E-state index in [1.54, 1.807) is 6.20 Å². The summed E-state index contributed by atoms with van der Waals surface area (Å²) in [6.45, 7) is 15.1. The molecule has 0 unspecified atom stereocenters. The second-order valence-corrected chi connectivity index (χ2v) is 18.0. The fourth-order valence-corrected chi connectivity index (χ4v) is 9.24. The molecule has 2 saturated heterocycles. The molecule has 2 fully saturated rings. The number of piperazine rings is 1. The molecule has 3 aliphatic heterocycles.